The molecule has 0 aliphatic heterocycles. The van der Waals surface area contributed by atoms with E-state index < -0.39 is 0 Å². The zero-order valence-corrected chi connectivity index (χ0v) is 9.76. The van der Waals surface area contributed by atoms with Gasteiger partial charge in [0.2, 0.25) is 0 Å². The van der Waals surface area contributed by atoms with Gasteiger partial charge in [0.05, 0.1) is 14.2 Å². The lowest BCUT2D eigenvalue weighted by Gasteiger charge is -2.07. The van der Waals surface area contributed by atoms with Crippen LogP contribution in [0.15, 0.2) is 35.3 Å². The Morgan fingerprint density at radius 2 is 1.57 bits per heavy atom. The number of methoxy groups -OCH3 is 2. The summed E-state index contributed by atoms with van der Waals surface area (Å²) in [6, 6.07) is 0. The van der Waals surface area contributed by atoms with Crippen LogP contribution in [0.1, 0.15) is 27.2 Å². The Morgan fingerprint density at radius 1 is 1.00 bits per heavy atom. The van der Waals surface area contributed by atoms with Crippen molar-refractivity contribution in [2.45, 2.75) is 27.2 Å². The summed E-state index contributed by atoms with van der Waals surface area (Å²) in [7, 11) is 3.30. The van der Waals surface area contributed by atoms with Crippen LogP contribution in [0.5, 0.6) is 0 Å². The van der Waals surface area contributed by atoms with Gasteiger partial charge in [-0.2, -0.15) is 0 Å². The van der Waals surface area contributed by atoms with E-state index in [2.05, 4.69) is 6.92 Å². The Labute approximate surface area is 86.9 Å². The molecular formula is C12H20O2. The molecule has 0 aromatic rings. The summed E-state index contributed by atoms with van der Waals surface area (Å²) in [5.74, 6) is 1.60. The van der Waals surface area contributed by atoms with Gasteiger partial charge in [-0.1, -0.05) is 25.5 Å². The molecule has 0 heterocycles. The molecule has 2 heteroatoms. The van der Waals surface area contributed by atoms with Crippen LogP contribution < -0.4 is 0 Å². The molecule has 0 N–H and O–H groups in total. The Balaban J connectivity index is 0.000000791. The van der Waals surface area contributed by atoms with Gasteiger partial charge in [0.1, 0.15) is 0 Å². The number of ether oxygens (including phenoxy) is 2. The lowest BCUT2D eigenvalue weighted by Crippen LogP contribution is -1.93. The minimum atomic E-state index is 0.786. The van der Waals surface area contributed by atoms with E-state index in [1.807, 2.05) is 32.1 Å². The maximum atomic E-state index is 5.16. The van der Waals surface area contributed by atoms with Gasteiger partial charge in [0.15, 0.2) is 11.5 Å². The minimum absolute atomic E-state index is 0.786. The average Bonchev–Trinajstić information content (AvgIpc) is 2.42. The fourth-order valence-electron chi connectivity index (χ4n) is 1.07. The predicted octanol–water partition coefficient (Wildman–Crippen LogP) is 3.42. The third-order valence-electron chi connectivity index (χ3n) is 1.81. The molecule has 0 bridgehead atoms. The van der Waals surface area contributed by atoms with Gasteiger partial charge in [-0.3, -0.25) is 0 Å². The second-order valence-electron chi connectivity index (χ2n) is 2.72. The SMILES string of the molecule is CC.COC1=CC=C(C)CC=C1OC. The Morgan fingerprint density at radius 3 is 2.07 bits per heavy atom. The summed E-state index contributed by atoms with van der Waals surface area (Å²) in [5.41, 5.74) is 1.30. The Hall–Kier alpha value is -1.18. The third kappa shape index (κ3) is 3.69. The molecule has 0 radical (unpaired) electrons. The molecule has 0 saturated carbocycles. The number of hydrogen-bond donors (Lipinski definition) is 0. The van der Waals surface area contributed by atoms with E-state index in [0.717, 1.165) is 17.9 Å². The lowest BCUT2D eigenvalue weighted by atomic mass is 10.2. The summed E-state index contributed by atoms with van der Waals surface area (Å²) in [5, 5.41) is 0. The van der Waals surface area contributed by atoms with E-state index in [4.69, 9.17) is 9.47 Å². The highest BCUT2D eigenvalue weighted by Crippen LogP contribution is 2.18. The smallest absolute Gasteiger partial charge is 0.160 e. The van der Waals surface area contributed by atoms with Gasteiger partial charge in [-0.15, -0.1) is 0 Å². The minimum Gasteiger partial charge on any atom is -0.493 e. The summed E-state index contributed by atoms with van der Waals surface area (Å²) < 4.78 is 10.3. The highest BCUT2D eigenvalue weighted by atomic mass is 16.5. The standard InChI is InChI=1S/C10H14O2.C2H6/c1-8-4-6-9(11-2)10(12-3)7-5-8;1-2/h4,6-7H,5H2,1-3H3;1-2H3. The van der Waals surface area contributed by atoms with E-state index in [1.165, 1.54) is 5.57 Å². The zero-order chi connectivity index (χ0) is 11.0. The molecule has 0 fully saturated rings. The summed E-state index contributed by atoms with van der Waals surface area (Å²) in [4.78, 5) is 0. The fourth-order valence-corrected chi connectivity index (χ4v) is 1.07. The highest BCUT2D eigenvalue weighted by Gasteiger charge is 2.06. The molecule has 0 aromatic carbocycles. The van der Waals surface area contributed by atoms with Crippen molar-refractivity contribution in [3.8, 4) is 0 Å². The Kier molecular flexibility index (Phi) is 6.63. The van der Waals surface area contributed by atoms with E-state index in [9.17, 15) is 0 Å². The summed E-state index contributed by atoms with van der Waals surface area (Å²) in [6.07, 6.45) is 6.92. The highest BCUT2D eigenvalue weighted by molar-refractivity contribution is 5.30. The zero-order valence-electron chi connectivity index (χ0n) is 9.76. The number of hydrogen-bond acceptors (Lipinski definition) is 2. The maximum absolute atomic E-state index is 5.16. The largest absolute Gasteiger partial charge is 0.493 e. The summed E-state index contributed by atoms with van der Waals surface area (Å²) >= 11 is 0. The molecular weight excluding hydrogens is 176 g/mol. The molecule has 0 amide bonds. The molecule has 0 saturated heterocycles. The molecule has 0 atom stereocenters. The topological polar surface area (TPSA) is 18.5 Å². The normalized spacial score (nSPS) is 15.1. The number of rotatable bonds is 2. The van der Waals surface area contributed by atoms with Crippen LogP contribution in [0.4, 0.5) is 0 Å². The van der Waals surface area contributed by atoms with Crippen molar-refractivity contribution in [2.75, 3.05) is 14.2 Å². The van der Waals surface area contributed by atoms with E-state index in [-0.39, 0.29) is 0 Å². The average molecular weight is 196 g/mol. The molecule has 80 valence electrons. The third-order valence-corrected chi connectivity index (χ3v) is 1.81. The van der Waals surface area contributed by atoms with Gasteiger partial charge in [0.25, 0.3) is 0 Å². The van der Waals surface area contributed by atoms with Crippen molar-refractivity contribution in [3.05, 3.63) is 35.3 Å². The monoisotopic (exact) mass is 196 g/mol. The quantitative estimate of drug-likeness (QED) is 0.673. The molecule has 0 spiro atoms. The first-order chi connectivity index (χ1) is 6.77. The van der Waals surface area contributed by atoms with Crippen molar-refractivity contribution >= 4 is 0 Å². The van der Waals surface area contributed by atoms with Crippen LogP contribution in [-0.2, 0) is 9.47 Å². The van der Waals surface area contributed by atoms with Crippen LogP contribution in [0.2, 0.25) is 0 Å². The molecule has 0 unspecified atom stereocenters. The van der Waals surface area contributed by atoms with Crippen molar-refractivity contribution in [1.29, 1.82) is 0 Å². The molecule has 14 heavy (non-hydrogen) atoms. The lowest BCUT2D eigenvalue weighted by molar-refractivity contribution is 0.220. The summed E-state index contributed by atoms with van der Waals surface area (Å²) in [6.45, 7) is 6.08. The fraction of sp³-hybridized carbons (Fsp3) is 0.500. The molecule has 1 aliphatic rings. The number of allylic oxidation sites excluding steroid dienone is 4. The van der Waals surface area contributed by atoms with E-state index >= 15 is 0 Å². The van der Waals surface area contributed by atoms with Gasteiger partial charge >= 0.3 is 0 Å². The maximum Gasteiger partial charge on any atom is 0.160 e. The van der Waals surface area contributed by atoms with Gasteiger partial charge in [-0.25, -0.2) is 0 Å². The van der Waals surface area contributed by atoms with Crippen molar-refractivity contribution < 1.29 is 9.47 Å². The predicted molar refractivity (Wildman–Crippen MR) is 59.9 cm³/mol. The van der Waals surface area contributed by atoms with E-state index in [1.54, 1.807) is 14.2 Å². The van der Waals surface area contributed by atoms with Crippen molar-refractivity contribution in [1.82, 2.24) is 0 Å². The van der Waals surface area contributed by atoms with Gasteiger partial charge in [-0.05, 0) is 25.5 Å². The Bertz CT molecular complexity index is 247. The van der Waals surface area contributed by atoms with Crippen LogP contribution in [-0.4, -0.2) is 14.2 Å². The van der Waals surface area contributed by atoms with Crippen molar-refractivity contribution in [3.63, 3.8) is 0 Å². The van der Waals surface area contributed by atoms with Crippen LogP contribution in [0.3, 0.4) is 0 Å². The first kappa shape index (κ1) is 12.8. The van der Waals surface area contributed by atoms with Crippen LogP contribution in [0.25, 0.3) is 0 Å². The molecule has 1 rings (SSSR count). The molecule has 2 nitrogen and oxygen atoms in total. The van der Waals surface area contributed by atoms with E-state index in [0.29, 0.717) is 0 Å². The van der Waals surface area contributed by atoms with Gasteiger partial charge in [0, 0.05) is 0 Å². The van der Waals surface area contributed by atoms with Gasteiger partial charge < -0.3 is 9.47 Å². The molecule has 0 aromatic heterocycles. The molecule has 1 aliphatic carbocycles. The second-order valence-corrected chi connectivity index (χ2v) is 2.72. The van der Waals surface area contributed by atoms with Crippen LogP contribution >= 0.6 is 0 Å². The first-order valence-electron chi connectivity index (χ1n) is 4.94. The second kappa shape index (κ2) is 7.25. The first-order valence-corrected chi connectivity index (χ1v) is 4.94. The van der Waals surface area contributed by atoms with Crippen molar-refractivity contribution in [2.24, 2.45) is 0 Å². The van der Waals surface area contributed by atoms with Crippen LogP contribution in [0, 0.1) is 0 Å².